The Labute approximate surface area is 163 Å². The van der Waals surface area contributed by atoms with Gasteiger partial charge in [-0.05, 0) is 24.3 Å². The first kappa shape index (κ1) is 18.2. The molecule has 1 aliphatic heterocycles. The van der Waals surface area contributed by atoms with Gasteiger partial charge in [0.1, 0.15) is 11.9 Å². The molecule has 28 heavy (non-hydrogen) atoms. The van der Waals surface area contributed by atoms with Crippen molar-refractivity contribution in [1.82, 2.24) is 24.5 Å². The van der Waals surface area contributed by atoms with Crippen molar-refractivity contribution in [2.24, 2.45) is 7.05 Å². The zero-order valence-corrected chi connectivity index (χ0v) is 15.7. The van der Waals surface area contributed by atoms with Gasteiger partial charge in [0.2, 0.25) is 5.91 Å². The van der Waals surface area contributed by atoms with Crippen molar-refractivity contribution < 1.29 is 14.6 Å². The summed E-state index contributed by atoms with van der Waals surface area (Å²) in [7, 11) is 1.78. The minimum absolute atomic E-state index is 0.0529. The van der Waals surface area contributed by atoms with Gasteiger partial charge in [-0.25, -0.2) is 0 Å². The van der Waals surface area contributed by atoms with E-state index in [4.69, 9.17) is 4.74 Å². The molecule has 1 amide bonds. The zero-order chi connectivity index (χ0) is 19.5. The molecule has 0 bridgehead atoms. The summed E-state index contributed by atoms with van der Waals surface area (Å²) >= 11 is 0. The van der Waals surface area contributed by atoms with E-state index < -0.39 is 6.10 Å². The summed E-state index contributed by atoms with van der Waals surface area (Å²) in [5.74, 6) is 0.818. The van der Waals surface area contributed by atoms with Crippen molar-refractivity contribution >= 4 is 5.91 Å². The van der Waals surface area contributed by atoms with E-state index in [1.54, 1.807) is 24.0 Å². The number of fused-ring (bicyclic) bond motifs is 1. The molecule has 1 atom stereocenters. The van der Waals surface area contributed by atoms with E-state index in [-0.39, 0.29) is 5.91 Å². The number of hydrogen-bond acceptors (Lipinski definition) is 5. The molecule has 0 saturated heterocycles. The van der Waals surface area contributed by atoms with Crippen LogP contribution in [-0.4, -0.2) is 48.6 Å². The van der Waals surface area contributed by atoms with Crippen LogP contribution in [0.3, 0.4) is 0 Å². The highest BCUT2D eigenvalue weighted by atomic mass is 16.5. The fraction of sp³-hybridized carbons (Fsp3) is 0.350. The molecule has 0 saturated carbocycles. The Bertz CT molecular complexity index is 950. The van der Waals surface area contributed by atoms with Crippen molar-refractivity contribution in [3.05, 3.63) is 65.7 Å². The quantitative estimate of drug-likeness (QED) is 0.700. The smallest absolute Gasteiger partial charge is 0.226 e. The second kappa shape index (κ2) is 7.85. The van der Waals surface area contributed by atoms with Crippen LogP contribution in [0.25, 0.3) is 0 Å². The zero-order valence-electron chi connectivity index (χ0n) is 15.7. The largest absolute Gasteiger partial charge is 0.493 e. The van der Waals surface area contributed by atoms with Crippen LogP contribution >= 0.6 is 0 Å². The maximum atomic E-state index is 12.5. The summed E-state index contributed by atoms with van der Waals surface area (Å²) < 4.78 is 9.11. The fourth-order valence-electron chi connectivity index (χ4n) is 3.37. The van der Waals surface area contributed by atoms with E-state index in [1.165, 1.54) is 0 Å². The molecule has 1 aliphatic rings. The number of aromatic nitrogens is 4. The summed E-state index contributed by atoms with van der Waals surface area (Å²) in [4.78, 5) is 14.3. The van der Waals surface area contributed by atoms with Crippen LogP contribution in [0.15, 0.2) is 48.7 Å². The number of carbonyl (C=O) groups is 1. The summed E-state index contributed by atoms with van der Waals surface area (Å²) in [5.41, 5.74) is 2.17. The summed E-state index contributed by atoms with van der Waals surface area (Å²) in [5, 5.41) is 19.2. The molecule has 3 aromatic rings. The van der Waals surface area contributed by atoms with Gasteiger partial charge in [-0.15, -0.1) is 0 Å². The third kappa shape index (κ3) is 3.77. The molecule has 0 fully saturated rings. The van der Waals surface area contributed by atoms with Crippen LogP contribution in [0, 0.1) is 0 Å². The average Bonchev–Trinajstić information content (AvgIpc) is 3.33. The molecule has 0 aliphatic carbocycles. The van der Waals surface area contributed by atoms with E-state index >= 15 is 0 Å². The van der Waals surface area contributed by atoms with Gasteiger partial charge < -0.3 is 14.7 Å². The Hall–Kier alpha value is -3.13. The maximum Gasteiger partial charge on any atom is 0.226 e. The second-order valence-electron chi connectivity index (χ2n) is 6.79. The van der Waals surface area contributed by atoms with Gasteiger partial charge in [-0.2, -0.15) is 10.2 Å². The highest BCUT2D eigenvalue weighted by molar-refractivity contribution is 5.76. The summed E-state index contributed by atoms with van der Waals surface area (Å²) in [6, 6.07) is 13.1. The predicted octanol–water partition coefficient (Wildman–Crippen LogP) is 1.51. The van der Waals surface area contributed by atoms with Crippen molar-refractivity contribution in [3.8, 4) is 5.75 Å². The molecular weight excluding hydrogens is 358 g/mol. The maximum absolute atomic E-state index is 12.5. The van der Waals surface area contributed by atoms with Crippen molar-refractivity contribution in [3.63, 3.8) is 0 Å². The molecule has 146 valence electrons. The number of aliphatic hydroxyl groups is 1. The van der Waals surface area contributed by atoms with Gasteiger partial charge in [0.05, 0.1) is 43.2 Å². The lowest BCUT2D eigenvalue weighted by atomic mass is 10.1. The van der Waals surface area contributed by atoms with Gasteiger partial charge >= 0.3 is 0 Å². The van der Waals surface area contributed by atoms with Crippen LogP contribution in [0.5, 0.6) is 5.75 Å². The van der Waals surface area contributed by atoms with Crippen LogP contribution < -0.4 is 4.74 Å². The number of aliphatic hydroxyl groups excluding tert-OH is 1. The third-order valence-electron chi connectivity index (χ3n) is 4.92. The number of aryl methyl sites for hydroxylation is 1. The molecule has 1 aromatic carbocycles. The summed E-state index contributed by atoms with van der Waals surface area (Å²) in [6.07, 6.45) is 1.13. The number of hydrogen-bond donors (Lipinski definition) is 1. The number of rotatable bonds is 6. The lowest BCUT2D eigenvalue weighted by molar-refractivity contribution is -0.133. The predicted molar refractivity (Wildman–Crippen MR) is 101 cm³/mol. The van der Waals surface area contributed by atoms with Crippen molar-refractivity contribution in [2.75, 3.05) is 13.2 Å². The van der Waals surface area contributed by atoms with Crippen LogP contribution in [0.4, 0.5) is 0 Å². The molecule has 0 radical (unpaired) electrons. The summed E-state index contributed by atoms with van der Waals surface area (Å²) in [6.45, 7) is 2.04. The van der Waals surface area contributed by atoms with E-state index in [0.717, 1.165) is 11.4 Å². The lowest BCUT2D eigenvalue weighted by Gasteiger charge is -2.27. The third-order valence-corrected chi connectivity index (χ3v) is 4.92. The Morgan fingerprint density at radius 2 is 2.07 bits per heavy atom. The Morgan fingerprint density at radius 1 is 1.25 bits per heavy atom. The Kier molecular flexibility index (Phi) is 5.12. The van der Waals surface area contributed by atoms with Gasteiger partial charge in [0, 0.05) is 19.8 Å². The highest BCUT2D eigenvalue weighted by Crippen LogP contribution is 2.23. The van der Waals surface area contributed by atoms with Crippen LogP contribution in [0.2, 0.25) is 0 Å². The van der Waals surface area contributed by atoms with E-state index in [2.05, 4.69) is 10.2 Å². The van der Waals surface area contributed by atoms with E-state index in [9.17, 15) is 9.90 Å². The number of amides is 1. The minimum Gasteiger partial charge on any atom is -0.493 e. The standard InChI is InChI=1S/C20H23N5O3/c1-23-18(7-9-21-23)20(27)17-13-15-14-24(10-11-25(15)22-17)19(26)8-12-28-16-5-3-2-4-6-16/h2-7,9,13,20,27H,8,10-12,14H2,1H3/t20-/m1/s1. The van der Waals surface area contributed by atoms with E-state index in [0.29, 0.717) is 44.0 Å². The number of benzene rings is 1. The molecular formula is C20H23N5O3. The van der Waals surface area contributed by atoms with Gasteiger partial charge in [-0.1, -0.05) is 18.2 Å². The first-order valence-electron chi connectivity index (χ1n) is 9.30. The number of ether oxygens (including phenoxy) is 1. The van der Waals surface area contributed by atoms with Gasteiger partial charge in [-0.3, -0.25) is 14.2 Å². The normalized spacial score (nSPS) is 14.6. The Balaban J connectivity index is 1.36. The average molecular weight is 381 g/mol. The second-order valence-corrected chi connectivity index (χ2v) is 6.79. The molecule has 1 N–H and O–H groups in total. The first-order chi connectivity index (χ1) is 13.6. The topological polar surface area (TPSA) is 85.4 Å². The number of carbonyl (C=O) groups excluding carboxylic acids is 1. The highest BCUT2D eigenvalue weighted by Gasteiger charge is 2.25. The monoisotopic (exact) mass is 381 g/mol. The molecule has 4 rings (SSSR count). The minimum atomic E-state index is -0.839. The molecule has 0 spiro atoms. The molecule has 8 nitrogen and oxygen atoms in total. The molecule has 8 heteroatoms. The Morgan fingerprint density at radius 3 is 2.82 bits per heavy atom. The van der Waals surface area contributed by atoms with Crippen LogP contribution in [0.1, 0.15) is 29.6 Å². The van der Waals surface area contributed by atoms with Crippen LogP contribution in [-0.2, 0) is 24.9 Å². The SMILES string of the molecule is Cn1nccc1[C@H](O)c1cc2n(n1)CCN(C(=O)CCOc1ccccc1)C2. The van der Waals surface area contributed by atoms with E-state index in [1.807, 2.05) is 46.0 Å². The fourth-order valence-corrected chi connectivity index (χ4v) is 3.37. The number of para-hydroxylation sites is 1. The first-order valence-corrected chi connectivity index (χ1v) is 9.30. The van der Waals surface area contributed by atoms with Crippen molar-refractivity contribution in [1.29, 1.82) is 0 Å². The molecule has 2 aromatic heterocycles. The van der Waals surface area contributed by atoms with Gasteiger partial charge in [0.25, 0.3) is 0 Å². The van der Waals surface area contributed by atoms with Crippen molar-refractivity contribution in [2.45, 2.75) is 25.6 Å². The molecule has 0 unspecified atom stereocenters. The molecule has 3 heterocycles. The number of nitrogens with zero attached hydrogens (tertiary/aromatic N) is 5. The van der Waals surface area contributed by atoms with Gasteiger partial charge in [0.15, 0.2) is 0 Å². The lowest BCUT2D eigenvalue weighted by Crippen LogP contribution is -2.38.